The maximum atomic E-state index is 13.2. The van der Waals surface area contributed by atoms with Crippen molar-refractivity contribution in [2.75, 3.05) is 0 Å². The number of hydrogen-bond acceptors (Lipinski definition) is 4. The number of nitrogens with one attached hydrogen (secondary N) is 1. The van der Waals surface area contributed by atoms with E-state index in [1.54, 1.807) is 18.2 Å². The van der Waals surface area contributed by atoms with E-state index in [1.165, 1.54) is 12.1 Å². The van der Waals surface area contributed by atoms with Crippen LogP contribution in [0.25, 0.3) is 0 Å². The van der Waals surface area contributed by atoms with E-state index in [0.717, 1.165) is 12.1 Å². The summed E-state index contributed by atoms with van der Waals surface area (Å²) < 4.78 is 39.6. The Kier molecular flexibility index (Phi) is 4.76. The second-order valence-corrected chi connectivity index (χ2v) is 7.06. The summed E-state index contributed by atoms with van der Waals surface area (Å²) in [4.78, 5) is 11.8. The maximum absolute atomic E-state index is 13.2. The van der Waals surface area contributed by atoms with Crippen LogP contribution in [0.5, 0.6) is 0 Å². The van der Waals surface area contributed by atoms with Crippen molar-refractivity contribution < 1.29 is 23.1 Å². The van der Waals surface area contributed by atoms with Gasteiger partial charge in [0.15, 0.2) is 5.41 Å². The predicted octanol–water partition coefficient (Wildman–Crippen LogP) is 4.28. The molecule has 2 N–H and O–H groups in total. The van der Waals surface area contributed by atoms with Crippen LogP contribution in [0.1, 0.15) is 36.3 Å². The fraction of sp³-hybridized carbons (Fsp3) is 0.400. The molecule has 144 valence electrons. The van der Waals surface area contributed by atoms with E-state index in [2.05, 4.69) is 0 Å². The predicted molar refractivity (Wildman–Crippen MR) is 92.1 cm³/mol. The lowest BCUT2D eigenvalue weighted by molar-refractivity contribution is -0.139. The number of halogens is 3. The van der Waals surface area contributed by atoms with Crippen LogP contribution in [-0.2, 0) is 11.0 Å². The molecular formula is C20H16F3N3O2. The lowest BCUT2D eigenvalue weighted by Crippen LogP contribution is -2.51. The number of carboxylic acids is 1. The largest absolute Gasteiger partial charge is 0.481 e. The van der Waals surface area contributed by atoms with E-state index in [0.29, 0.717) is 24.8 Å². The van der Waals surface area contributed by atoms with E-state index < -0.39 is 46.6 Å². The van der Waals surface area contributed by atoms with Crippen molar-refractivity contribution in [1.82, 2.24) is 0 Å². The van der Waals surface area contributed by atoms with Gasteiger partial charge in [-0.25, -0.2) is 0 Å². The van der Waals surface area contributed by atoms with Gasteiger partial charge in [-0.3, -0.25) is 4.79 Å². The van der Waals surface area contributed by atoms with E-state index in [1.807, 2.05) is 0 Å². The Bertz CT molecular complexity index is 939. The second-order valence-electron chi connectivity index (χ2n) is 7.06. The van der Waals surface area contributed by atoms with Crippen LogP contribution < -0.4 is 0 Å². The van der Waals surface area contributed by atoms with Crippen LogP contribution in [0.15, 0.2) is 35.9 Å². The van der Waals surface area contributed by atoms with Gasteiger partial charge in [0, 0.05) is 5.92 Å². The third-order valence-corrected chi connectivity index (χ3v) is 5.62. The molecule has 0 amide bonds. The van der Waals surface area contributed by atoms with Crippen molar-refractivity contribution in [3.05, 3.63) is 47.0 Å². The van der Waals surface area contributed by atoms with Crippen molar-refractivity contribution in [2.45, 2.75) is 31.4 Å². The van der Waals surface area contributed by atoms with E-state index >= 15 is 0 Å². The number of carboxylic acid groups (broad SMARTS) is 1. The number of fused-ring (bicyclic) bond motifs is 1. The average molecular weight is 387 g/mol. The van der Waals surface area contributed by atoms with Crippen molar-refractivity contribution in [2.24, 2.45) is 17.3 Å². The normalized spacial score (nSPS) is 26.4. The topological polar surface area (TPSA) is 109 Å². The summed E-state index contributed by atoms with van der Waals surface area (Å²) in [7, 11) is 0. The van der Waals surface area contributed by atoms with Gasteiger partial charge in [0.25, 0.3) is 0 Å². The van der Waals surface area contributed by atoms with Gasteiger partial charge in [-0.05, 0) is 36.8 Å². The molecule has 5 nitrogen and oxygen atoms in total. The molecule has 3 atom stereocenters. The smallest absolute Gasteiger partial charge is 0.416 e. The summed E-state index contributed by atoms with van der Waals surface area (Å²) in [5.41, 5.74) is -3.12. The molecular weight excluding hydrogens is 371 g/mol. The maximum Gasteiger partial charge on any atom is 0.416 e. The van der Waals surface area contributed by atoms with Gasteiger partial charge in [-0.15, -0.1) is 0 Å². The first kappa shape index (κ1) is 19.6. The quantitative estimate of drug-likeness (QED) is 0.738. The minimum absolute atomic E-state index is 0.115. The van der Waals surface area contributed by atoms with E-state index in [9.17, 15) is 33.6 Å². The number of aliphatic carboxylic acids is 1. The molecule has 0 spiro atoms. The zero-order valence-corrected chi connectivity index (χ0v) is 14.6. The standard InChI is InChI=1S/C20H16F3N3O2/c21-20(22,23)12-5-3-4-11(8-12)16-14-7-2-1-6-13(14)15(18(27)28)17(26)19(16,9-24)10-25/h3-6,8,14-16,26H,1-2,7H2,(H,27,28)/t14-,15-,16+/m0/s1. The van der Waals surface area contributed by atoms with Gasteiger partial charge in [-0.1, -0.05) is 29.8 Å². The highest BCUT2D eigenvalue weighted by molar-refractivity contribution is 6.10. The number of nitriles is 2. The highest BCUT2D eigenvalue weighted by atomic mass is 19.4. The molecule has 1 aromatic rings. The average Bonchev–Trinajstić information content (AvgIpc) is 2.66. The fourth-order valence-corrected chi connectivity index (χ4v) is 4.42. The van der Waals surface area contributed by atoms with E-state index in [-0.39, 0.29) is 5.56 Å². The monoisotopic (exact) mass is 387 g/mol. The molecule has 2 aliphatic carbocycles. The van der Waals surface area contributed by atoms with Gasteiger partial charge < -0.3 is 10.5 Å². The fourth-order valence-electron chi connectivity index (χ4n) is 4.42. The summed E-state index contributed by atoms with van der Waals surface area (Å²) in [5.74, 6) is -4.38. The summed E-state index contributed by atoms with van der Waals surface area (Å²) in [6, 6.07) is 7.98. The Balaban J connectivity index is 2.26. The number of alkyl halides is 3. The van der Waals surface area contributed by atoms with Crippen LogP contribution in [-0.4, -0.2) is 16.8 Å². The van der Waals surface area contributed by atoms with Crippen LogP contribution >= 0.6 is 0 Å². The molecule has 0 radical (unpaired) electrons. The van der Waals surface area contributed by atoms with Gasteiger partial charge in [0.05, 0.1) is 23.4 Å². The molecule has 0 unspecified atom stereocenters. The molecule has 1 saturated carbocycles. The zero-order chi connectivity index (χ0) is 20.7. The Morgan fingerprint density at radius 1 is 1.29 bits per heavy atom. The Morgan fingerprint density at radius 3 is 2.54 bits per heavy atom. The van der Waals surface area contributed by atoms with Crippen molar-refractivity contribution in [1.29, 1.82) is 15.9 Å². The van der Waals surface area contributed by atoms with Gasteiger partial charge >= 0.3 is 12.1 Å². The third-order valence-electron chi connectivity index (χ3n) is 5.62. The van der Waals surface area contributed by atoms with Gasteiger partial charge in [0.1, 0.15) is 5.92 Å². The van der Waals surface area contributed by atoms with Crippen molar-refractivity contribution in [3.8, 4) is 12.1 Å². The van der Waals surface area contributed by atoms with Crippen LogP contribution in [0.2, 0.25) is 0 Å². The minimum atomic E-state index is -4.60. The first-order valence-electron chi connectivity index (χ1n) is 8.68. The molecule has 1 fully saturated rings. The van der Waals surface area contributed by atoms with Gasteiger partial charge in [-0.2, -0.15) is 23.7 Å². The molecule has 8 heteroatoms. The first-order chi connectivity index (χ1) is 13.2. The number of benzene rings is 1. The Labute approximate surface area is 159 Å². The summed E-state index contributed by atoms with van der Waals surface area (Å²) in [6.07, 6.45) is -1.22. The summed E-state index contributed by atoms with van der Waals surface area (Å²) in [5, 5.41) is 37.6. The lowest BCUT2D eigenvalue weighted by Gasteiger charge is -2.46. The number of nitrogens with zero attached hydrogens (tertiary/aromatic N) is 2. The second kappa shape index (κ2) is 6.79. The number of allylic oxidation sites excluding steroid dienone is 1. The van der Waals surface area contributed by atoms with Crippen molar-refractivity contribution >= 4 is 11.7 Å². The SMILES string of the molecule is N#CC1(C#N)C(=N)[C@@H](C(=O)O)C2=CCCC[C@@H]2[C@H]1c1cccc(C(F)(F)F)c1. The molecule has 0 saturated heterocycles. The first-order valence-corrected chi connectivity index (χ1v) is 8.68. The van der Waals surface area contributed by atoms with Crippen LogP contribution in [0.3, 0.4) is 0 Å². The molecule has 28 heavy (non-hydrogen) atoms. The molecule has 3 rings (SSSR count). The molecule has 1 aromatic carbocycles. The van der Waals surface area contributed by atoms with Crippen molar-refractivity contribution in [3.63, 3.8) is 0 Å². The summed E-state index contributed by atoms with van der Waals surface area (Å²) in [6.45, 7) is 0. The van der Waals surface area contributed by atoms with Gasteiger partial charge in [0.2, 0.25) is 0 Å². The summed E-state index contributed by atoms with van der Waals surface area (Å²) >= 11 is 0. The molecule has 0 heterocycles. The van der Waals surface area contributed by atoms with E-state index in [4.69, 9.17) is 5.41 Å². The lowest BCUT2D eigenvalue weighted by atomic mass is 9.53. The molecule has 0 aromatic heterocycles. The highest BCUT2D eigenvalue weighted by Gasteiger charge is 2.58. The number of rotatable bonds is 2. The molecule has 0 bridgehead atoms. The third kappa shape index (κ3) is 2.86. The zero-order valence-electron chi connectivity index (χ0n) is 14.6. The number of carbonyl (C=O) groups is 1. The Hall–Kier alpha value is -3.13. The molecule has 0 aliphatic heterocycles. The van der Waals surface area contributed by atoms with Crippen LogP contribution in [0.4, 0.5) is 13.2 Å². The molecule has 2 aliphatic rings. The Morgan fingerprint density at radius 2 is 1.96 bits per heavy atom. The number of hydrogen-bond donors (Lipinski definition) is 2. The highest BCUT2D eigenvalue weighted by Crippen LogP contribution is 2.55. The minimum Gasteiger partial charge on any atom is -0.481 e. The van der Waals surface area contributed by atoms with Crippen LogP contribution in [0, 0.1) is 45.3 Å².